The molecule has 0 unspecified atom stereocenters. The van der Waals surface area contributed by atoms with Gasteiger partial charge in [0.15, 0.2) is 0 Å². The molecule has 4 nitrogen and oxygen atoms in total. The van der Waals surface area contributed by atoms with Gasteiger partial charge in [-0.05, 0) is 49.6 Å². The fourth-order valence-corrected chi connectivity index (χ4v) is 5.20. The van der Waals surface area contributed by atoms with Crippen LogP contribution in [0.5, 0.6) is 0 Å². The summed E-state index contributed by atoms with van der Waals surface area (Å²) < 4.78 is 0. The van der Waals surface area contributed by atoms with E-state index < -0.39 is 5.54 Å². The Bertz CT molecular complexity index is 1300. The third-order valence-corrected chi connectivity index (χ3v) is 6.36. The average molecular weight is 396 g/mol. The first kappa shape index (κ1) is 18.6. The quantitative estimate of drug-likeness (QED) is 0.458. The van der Waals surface area contributed by atoms with Crippen LogP contribution in [0, 0.1) is 5.92 Å². The van der Waals surface area contributed by atoms with Crippen molar-refractivity contribution in [3.8, 4) is 0 Å². The number of H-pyrrole nitrogens is 2. The number of aromatic amines is 2. The second-order valence-corrected chi connectivity index (χ2v) is 8.25. The van der Waals surface area contributed by atoms with Crippen molar-refractivity contribution in [2.45, 2.75) is 32.2 Å². The lowest BCUT2D eigenvalue weighted by Gasteiger charge is -2.45. The minimum atomic E-state index is -0.444. The van der Waals surface area contributed by atoms with Crippen molar-refractivity contribution in [1.29, 1.82) is 0 Å². The monoisotopic (exact) mass is 395 g/mol. The Balaban J connectivity index is 1.57. The molecular formula is C26H25N3O. The zero-order valence-corrected chi connectivity index (χ0v) is 17.3. The molecule has 0 aliphatic heterocycles. The summed E-state index contributed by atoms with van der Waals surface area (Å²) in [5.41, 5.74) is 6.59. The first-order valence-corrected chi connectivity index (χ1v) is 10.5. The van der Waals surface area contributed by atoms with Gasteiger partial charge in [0, 0.05) is 53.0 Å². The minimum Gasteiger partial charge on any atom is -0.361 e. The van der Waals surface area contributed by atoms with E-state index in [2.05, 4.69) is 60.2 Å². The molecule has 0 amide bonds. The van der Waals surface area contributed by atoms with Crippen molar-refractivity contribution >= 4 is 23.2 Å². The van der Waals surface area contributed by atoms with E-state index in [1.54, 1.807) is 6.07 Å². The van der Waals surface area contributed by atoms with Crippen LogP contribution in [0.3, 0.4) is 0 Å². The molecule has 0 saturated carbocycles. The van der Waals surface area contributed by atoms with E-state index in [9.17, 15) is 4.79 Å². The van der Waals surface area contributed by atoms with Crippen LogP contribution in [0.2, 0.25) is 0 Å². The first-order valence-electron chi connectivity index (χ1n) is 10.5. The van der Waals surface area contributed by atoms with Gasteiger partial charge in [0.1, 0.15) is 5.54 Å². The minimum absolute atomic E-state index is 0.0465. The number of hydrogen-bond donors (Lipinski definition) is 2. The summed E-state index contributed by atoms with van der Waals surface area (Å²) in [6.45, 7) is 4.28. The van der Waals surface area contributed by atoms with Crippen molar-refractivity contribution in [3.63, 3.8) is 0 Å². The maximum Gasteiger partial charge on any atom is 0.248 e. The van der Waals surface area contributed by atoms with E-state index in [1.807, 2.05) is 30.6 Å². The van der Waals surface area contributed by atoms with E-state index in [0.717, 1.165) is 35.2 Å². The standard InChI is InChI=1S/C26H25N3O/c1-3-21-19-13-17(2)15-26(21,22-10-11-25(30)29-24(22)14-19)28-12-6-7-18-16-27-23-9-5-4-8-20(18)23/h3-13,16,19,27H,14-15H2,1-2H3,(H,29,30)/b7-6?,21-3+,28-12?/t19-,26+/m0/s1. The number of para-hydroxylation sites is 1. The van der Waals surface area contributed by atoms with Gasteiger partial charge in [-0.3, -0.25) is 9.79 Å². The number of aromatic nitrogens is 2. The lowest BCUT2D eigenvalue weighted by atomic mass is 9.63. The van der Waals surface area contributed by atoms with Crippen LogP contribution in [-0.2, 0) is 12.0 Å². The topological polar surface area (TPSA) is 61.0 Å². The smallest absolute Gasteiger partial charge is 0.248 e. The van der Waals surface area contributed by atoms with E-state index in [-0.39, 0.29) is 11.5 Å². The Kier molecular flexibility index (Phi) is 4.43. The number of fused-ring (bicyclic) bond motifs is 5. The summed E-state index contributed by atoms with van der Waals surface area (Å²) in [5.74, 6) is 0.282. The largest absolute Gasteiger partial charge is 0.361 e. The number of rotatable bonds is 3. The molecule has 3 aromatic rings. The SMILES string of the molecule is C/C=C1\[C@H]2C=C(C)C[C@]1(N=CC=Cc1c[nH]c3ccccc13)c1ccc(=O)[nH]c1C2. The van der Waals surface area contributed by atoms with Crippen LogP contribution in [0.25, 0.3) is 17.0 Å². The zero-order chi connectivity index (χ0) is 20.7. The number of pyridine rings is 1. The van der Waals surface area contributed by atoms with E-state index in [0.29, 0.717) is 0 Å². The molecule has 2 heterocycles. The molecule has 150 valence electrons. The highest BCUT2D eigenvalue weighted by atomic mass is 16.1. The highest BCUT2D eigenvalue weighted by Gasteiger charge is 2.46. The molecule has 2 N–H and O–H groups in total. The van der Waals surface area contributed by atoms with Crippen molar-refractivity contribution in [2.24, 2.45) is 10.9 Å². The Morgan fingerprint density at radius 3 is 2.93 bits per heavy atom. The van der Waals surface area contributed by atoms with Gasteiger partial charge >= 0.3 is 0 Å². The first-order chi connectivity index (χ1) is 14.6. The predicted octanol–water partition coefficient (Wildman–Crippen LogP) is 5.30. The highest BCUT2D eigenvalue weighted by molar-refractivity contribution is 5.91. The average Bonchev–Trinajstić information content (AvgIpc) is 3.13. The van der Waals surface area contributed by atoms with Crippen LogP contribution >= 0.6 is 0 Å². The molecule has 5 rings (SSSR count). The Labute approximate surface area is 175 Å². The van der Waals surface area contributed by atoms with Crippen molar-refractivity contribution in [2.75, 3.05) is 0 Å². The molecule has 0 fully saturated rings. The van der Waals surface area contributed by atoms with Crippen molar-refractivity contribution < 1.29 is 0 Å². The van der Waals surface area contributed by atoms with Gasteiger partial charge < -0.3 is 9.97 Å². The zero-order valence-electron chi connectivity index (χ0n) is 17.3. The lowest BCUT2D eigenvalue weighted by molar-refractivity contribution is 0.413. The van der Waals surface area contributed by atoms with Gasteiger partial charge in [-0.15, -0.1) is 0 Å². The van der Waals surface area contributed by atoms with Crippen molar-refractivity contribution in [3.05, 3.63) is 99.1 Å². The number of aliphatic imine (C=N–C) groups is 1. The fraction of sp³-hybridized carbons (Fsp3) is 0.231. The molecule has 30 heavy (non-hydrogen) atoms. The van der Waals surface area contributed by atoms with Crippen molar-refractivity contribution in [1.82, 2.24) is 9.97 Å². The molecule has 0 saturated heterocycles. The van der Waals surface area contributed by atoms with Crippen LogP contribution in [-0.4, -0.2) is 16.2 Å². The second-order valence-electron chi connectivity index (χ2n) is 8.25. The maximum atomic E-state index is 11.9. The summed E-state index contributed by atoms with van der Waals surface area (Å²) in [6.07, 6.45) is 14.2. The Hall–Kier alpha value is -3.40. The van der Waals surface area contributed by atoms with Gasteiger partial charge in [-0.1, -0.05) is 42.0 Å². The number of hydrogen-bond acceptors (Lipinski definition) is 2. The molecule has 0 spiro atoms. The molecule has 2 bridgehead atoms. The van der Waals surface area contributed by atoms with Crippen LogP contribution < -0.4 is 5.56 Å². The molecule has 2 aliphatic carbocycles. The second kappa shape index (κ2) is 7.13. The number of benzene rings is 1. The number of nitrogens with zero attached hydrogens (tertiary/aromatic N) is 1. The molecule has 4 heteroatoms. The van der Waals surface area contributed by atoms with Crippen LogP contribution in [0.4, 0.5) is 0 Å². The predicted molar refractivity (Wildman–Crippen MR) is 124 cm³/mol. The van der Waals surface area contributed by atoms with Crippen LogP contribution in [0.1, 0.15) is 37.1 Å². The molecule has 2 aliphatic rings. The number of allylic oxidation sites excluding steroid dienone is 3. The fourth-order valence-electron chi connectivity index (χ4n) is 5.20. The van der Waals surface area contributed by atoms with E-state index >= 15 is 0 Å². The Morgan fingerprint density at radius 2 is 2.07 bits per heavy atom. The molecule has 1 aromatic carbocycles. The Morgan fingerprint density at radius 1 is 1.20 bits per heavy atom. The summed E-state index contributed by atoms with van der Waals surface area (Å²) >= 11 is 0. The lowest BCUT2D eigenvalue weighted by Crippen LogP contribution is -2.40. The third kappa shape index (κ3) is 2.91. The molecule has 0 radical (unpaired) electrons. The maximum absolute atomic E-state index is 11.9. The summed E-state index contributed by atoms with van der Waals surface area (Å²) in [5, 5.41) is 1.20. The van der Waals surface area contributed by atoms with Crippen LogP contribution in [0.15, 0.2) is 81.8 Å². The summed E-state index contributed by atoms with van der Waals surface area (Å²) in [7, 11) is 0. The van der Waals surface area contributed by atoms with E-state index in [1.165, 1.54) is 16.5 Å². The van der Waals surface area contributed by atoms with Gasteiger partial charge in [-0.2, -0.15) is 0 Å². The molecular weight excluding hydrogens is 370 g/mol. The normalized spacial score (nSPS) is 24.7. The van der Waals surface area contributed by atoms with Gasteiger partial charge in [0.25, 0.3) is 0 Å². The van der Waals surface area contributed by atoms with Gasteiger partial charge in [0.05, 0.1) is 0 Å². The molecule has 2 atom stereocenters. The summed E-state index contributed by atoms with van der Waals surface area (Å²) in [4.78, 5) is 23.4. The van der Waals surface area contributed by atoms with E-state index in [4.69, 9.17) is 4.99 Å². The van der Waals surface area contributed by atoms with Gasteiger partial charge in [-0.25, -0.2) is 0 Å². The summed E-state index contributed by atoms with van der Waals surface area (Å²) in [6, 6.07) is 11.9. The highest BCUT2D eigenvalue weighted by Crippen LogP contribution is 2.51. The van der Waals surface area contributed by atoms with Gasteiger partial charge in [0.2, 0.25) is 5.56 Å². The third-order valence-electron chi connectivity index (χ3n) is 6.36. The molecule has 2 aromatic heterocycles. The number of nitrogens with one attached hydrogen (secondary N) is 2.